The molecule has 0 bridgehead atoms. The van der Waals surface area contributed by atoms with Gasteiger partial charge in [-0.25, -0.2) is 9.59 Å². The van der Waals surface area contributed by atoms with Gasteiger partial charge in [0.25, 0.3) is 5.91 Å². The van der Waals surface area contributed by atoms with E-state index in [4.69, 9.17) is 4.74 Å². The fourth-order valence-electron chi connectivity index (χ4n) is 3.55. The highest BCUT2D eigenvalue weighted by Crippen LogP contribution is 2.27. The number of ketones is 1. The van der Waals surface area contributed by atoms with Crippen molar-refractivity contribution in [2.45, 2.75) is 39.8 Å². The second kappa shape index (κ2) is 13.9. The Kier molecular flexibility index (Phi) is 10.6. The molecule has 0 aliphatic heterocycles. The minimum atomic E-state index is -0.654. The van der Waals surface area contributed by atoms with Crippen LogP contribution in [0.2, 0.25) is 0 Å². The minimum absolute atomic E-state index is 0.0877. The van der Waals surface area contributed by atoms with Crippen LogP contribution in [0.15, 0.2) is 53.4 Å². The molecule has 4 amide bonds. The topological polar surface area (TPSA) is 133 Å². The lowest BCUT2D eigenvalue weighted by Crippen LogP contribution is -2.39. The standard InChI is InChI=1S/C29H36N6O5S/c1-19(36)21-8-7-9-22(14-21)31-27(38)35(13-12-34(5)6)16-20-10-11-23(30-15-20)26(37)32-24-17-41-18-25(24)33-28(39)40-29(2,3)4/h7-11,14-15,17-18H,12-13,16H2,1-6H3,(H,31,38)(H,32,37)(H,33,39). The summed E-state index contributed by atoms with van der Waals surface area (Å²) in [6.45, 7) is 8.10. The van der Waals surface area contributed by atoms with Gasteiger partial charge in [0.2, 0.25) is 0 Å². The normalized spacial score (nSPS) is 11.1. The van der Waals surface area contributed by atoms with Crippen LogP contribution in [0.5, 0.6) is 0 Å². The summed E-state index contributed by atoms with van der Waals surface area (Å²) in [4.78, 5) is 57.8. The Morgan fingerprint density at radius 1 is 0.951 bits per heavy atom. The van der Waals surface area contributed by atoms with Crippen molar-refractivity contribution in [3.05, 3.63) is 70.2 Å². The van der Waals surface area contributed by atoms with E-state index in [2.05, 4.69) is 20.9 Å². The first-order chi connectivity index (χ1) is 19.3. The average molecular weight is 581 g/mol. The van der Waals surface area contributed by atoms with E-state index in [1.165, 1.54) is 18.3 Å². The third-order valence-electron chi connectivity index (χ3n) is 5.60. The van der Waals surface area contributed by atoms with Crippen LogP contribution in [0.3, 0.4) is 0 Å². The molecule has 0 saturated carbocycles. The summed E-state index contributed by atoms with van der Waals surface area (Å²) in [6.07, 6.45) is 0.928. The van der Waals surface area contributed by atoms with Crippen LogP contribution in [-0.2, 0) is 11.3 Å². The third-order valence-corrected chi connectivity index (χ3v) is 6.34. The highest BCUT2D eigenvalue weighted by molar-refractivity contribution is 7.09. The lowest BCUT2D eigenvalue weighted by molar-refractivity contribution is 0.0635. The Morgan fingerprint density at radius 2 is 1.66 bits per heavy atom. The molecule has 2 aromatic heterocycles. The van der Waals surface area contributed by atoms with Gasteiger partial charge in [0.1, 0.15) is 11.3 Å². The molecule has 1 aromatic carbocycles. The minimum Gasteiger partial charge on any atom is -0.444 e. The zero-order valence-electron chi connectivity index (χ0n) is 24.1. The molecule has 0 unspecified atom stereocenters. The zero-order chi connectivity index (χ0) is 30.2. The van der Waals surface area contributed by atoms with Crippen LogP contribution in [0, 0.1) is 0 Å². The molecule has 0 spiro atoms. The monoisotopic (exact) mass is 580 g/mol. The van der Waals surface area contributed by atoms with Crippen LogP contribution in [0.1, 0.15) is 54.1 Å². The molecule has 3 aromatic rings. The fraction of sp³-hybridized carbons (Fsp3) is 0.345. The maximum Gasteiger partial charge on any atom is 0.412 e. The van der Waals surface area contributed by atoms with Crippen molar-refractivity contribution in [2.75, 3.05) is 43.1 Å². The van der Waals surface area contributed by atoms with Gasteiger partial charge in [-0.3, -0.25) is 19.9 Å². The Bertz CT molecular complexity index is 1380. The van der Waals surface area contributed by atoms with Crippen LogP contribution < -0.4 is 16.0 Å². The van der Waals surface area contributed by atoms with Gasteiger partial charge in [0.15, 0.2) is 5.78 Å². The lowest BCUT2D eigenvalue weighted by atomic mass is 10.1. The number of thiophene rings is 1. The molecule has 3 rings (SSSR count). The van der Waals surface area contributed by atoms with Crippen LogP contribution in [0.4, 0.5) is 26.7 Å². The number of likely N-dealkylation sites (N-methyl/N-ethyl adjacent to an activating group) is 1. The van der Waals surface area contributed by atoms with E-state index in [1.807, 2.05) is 19.0 Å². The first-order valence-corrected chi connectivity index (χ1v) is 13.9. The number of nitrogens with one attached hydrogen (secondary N) is 3. The Hall–Kier alpha value is -4.29. The number of Topliss-reactive ketones (excluding diaryl/α,β-unsaturated/α-hetero) is 1. The van der Waals surface area contributed by atoms with Crippen LogP contribution in [0.25, 0.3) is 0 Å². The number of pyridine rings is 1. The number of amides is 4. The molecule has 218 valence electrons. The fourth-order valence-corrected chi connectivity index (χ4v) is 4.27. The number of urea groups is 1. The van der Waals surface area contributed by atoms with Crippen molar-refractivity contribution in [1.29, 1.82) is 0 Å². The molecule has 41 heavy (non-hydrogen) atoms. The number of nitrogens with zero attached hydrogens (tertiary/aromatic N) is 3. The summed E-state index contributed by atoms with van der Waals surface area (Å²) < 4.78 is 5.28. The van der Waals surface area contributed by atoms with Gasteiger partial charge >= 0.3 is 12.1 Å². The van der Waals surface area contributed by atoms with Crippen molar-refractivity contribution in [2.24, 2.45) is 0 Å². The van der Waals surface area contributed by atoms with Gasteiger partial charge in [-0.15, -0.1) is 11.3 Å². The molecule has 0 aliphatic rings. The Balaban J connectivity index is 1.66. The molecular weight excluding hydrogens is 544 g/mol. The van der Waals surface area contributed by atoms with Gasteiger partial charge in [0.05, 0.1) is 11.4 Å². The Morgan fingerprint density at radius 3 is 2.27 bits per heavy atom. The van der Waals surface area contributed by atoms with E-state index in [1.54, 1.807) is 79.0 Å². The summed E-state index contributed by atoms with van der Waals surface area (Å²) in [5.74, 6) is -0.537. The van der Waals surface area contributed by atoms with E-state index < -0.39 is 17.6 Å². The van der Waals surface area contributed by atoms with Gasteiger partial charge in [-0.1, -0.05) is 18.2 Å². The molecular formula is C29H36N6O5S. The molecule has 0 atom stereocenters. The summed E-state index contributed by atoms with van der Waals surface area (Å²) in [5.41, 5.74) is 2.14. The van der Waals surface area contributed by atoms with E-state index in [0.717, 1.165) is 5.56 Å². The number of benzene rings is 1. The van der Waals surface area contributed by atoms with Gasteiger partial charge in [-0.05, 0) is 65.6 Å². The number of carbonyl (C=O) groups excluding carboxylic acids is 4. The number of carbonyl (C=O) groups is 4. The average Bonchev–Trinajstić information content (AvgIpc) is 3.31. The second-order valence-electron chi connectivity index (χ2n) is 10.6. The van der Waals surface area contributed by atoms with Crippen LogP contribution >= 0.6 is 11.3 Å². The number of aromatic nitrogens is 1. The molecule has 0 saturated heterocycles. The predicted molar refractivity (Wildman–Crippen MR) is 161 cm³/mol. The summed E-state index contributed by atoms with van der Waals surface area (Å²) in [5, 5.41) is 11.7. The quantitative estimate of drug-likeness (QED) is 0.268. The first kappa shape index (κ1) is 31.2. The predicted octanol–water partition coefficient (Wildman–Crippen LogP) is 5.54. The molecule has 2 heterocycles. The van der Waals surface area contributed by atoms with Crippen molar-refractivity contribution in [3.63, 3.8) is 0 Å². The summed E-state index contributed by atoms with van der Waals surface area (Å²) >= 11 is 1.32. The number of hydrogen-bond donors (Lipinski definition) is 3. The lowest BCUT2D eigenvalue weighted by Gasteiger charge is -2.25. The molecule has 0 fully saturated rings. The summed E-state index contributed by atoms with van der Waals surface area (Å²) in [6, 6.07) is 9.78. The maximum atomic E-state index is 13.1. The van der Waals surface area contributed by atoms with E-state index in [-0.39, 0.29) is 24.1 Å². The highest BCUT2D eigenvalue weighted by atomic mass is 32.1. The van der Waals surface area contributed by atoms with Crippen molar-refractivity contribution < 1.29 is 23.9 Å². The SMILES string of the molecule is CC(=O)c1cccc(NC(=O)N(CCN(C)C)Cc2ccc(C(=O)Nc3cscc3NC(=O)OC(C)(C)C)nc2)c1. The molecule has 0 radical (unpaired) electrons. The summed E-state index contributed by atoms with van der Waals surface area (Å²) in [7, 11) is 3.84. The van der Waals surface area contributed by atoms with Crippen LogP contribution in [-0.4, -0.2) is 71.4 Å². The number of rotatable bonds is 10. The van der Waals surface area contributed by atoms with Crippen molar-refractivity contribution >= 4 is 52.2 Å². The zero-order valence-corrected chi connectivity index (χ0v) is 24.9. The smallest absolute Gasteiger partial charge is 0.412 e. The van der Waals surface area contributed by atoms with Gasteiger partial charge in [0, 0.05) is 47.8 Å². The van der Waals surface area contributed by atoms with E-state index in [9.17, 15) is 19.2 Å². The molecule has 12 heteroatoms. The second-order valence-corrected chi connectivity index (χ2v) is 11.4. The largest absolute Gasteiger partial charge is 0.444 e. The maximum absolute atomic E-state index is 13.1. The molecule has 3 N–H and O–H groups in total. The van der Waals surface area contributed by atoms with E-state index >= 15 is 0 Å². The third kappa shape index (κ3) is 10.00. The van der Waals surface area contributed by atoms with Gasteiger partial charge in [-0.2, -0.15) is 0 Å². The first-order valence-electron chi connectivity index (χ1n) is 12.9. The van der Waals surface area contributed by atoms with Crippen molar-refractivity contribution in [1.82, 2.24) is 14.8 Å². The van der Waals surface area contributed by atoms with Gasteiger partial charge < -0.3 is 25.2 Å². The Labute approximate surface area is 243 Å². The number of ether oxygens (including phenoxy) is 1. The number of hydrogen-bond acceptors (Lipinski definition) is 8. The van der Waals surface area contributed by atoms with E-state index in [0.29, 0.717) is 35.7 Å². The highest BCUT2D eigenvalue weighted by Gasteiger charge is 2.19. The molecule has 11 nitrogen and oxygen atoms in total. The number of anilines is 3. The molecule has 0 aliphatic carbocycles. The van der Waals surface area contributed by atoms with Crippen molar-refractivity contribution in [3.8, 4) is 0 Å².